The first kappa shape index (κ1) is 14.4. The number of hydrogen-bond donors (Lipinski definition) is 2. The van der Waals surface area contributed by atoms with E-state index < -0.39 is 0 Å². The molecule has 1 unspecified atom stereocenters. The summed E-state index contributed by atoms with van der Waals surface area (Å²) < 4.78 is 0. The molecule has 106 valence electrons. The molecule has 0 aliphatic heterocycles. The van der Waals surface area contributed by atoms with Gasteiger partial charge in [-0.05, 0) is 68.7 Å². The zero-order chi connectivity index (χ0) is 13.7. The maximum absolute atomic E-state index is 9.49. The Kier molecular flexibility index (Phi) is 5.23. The molecule has 1 aromatic rings. The first-order valence-corrected chi connectivity index (χ1v) is 7.52. The molecule has 0 radical (unpaired) electrons. The summed E-state index contributed by atoms with van der Waals surface area (Å²) in [5.74, 6) is 0.390. The molecule has 0 heterocycles. The van der Waals surface area contributed by atoms with Crippen LogP contribution in [0.3, 0.4) is 0 Å². The number of benzene rings is 1. The Bertz CT molecular complexity index is 402. The van der Waals surface area contributed by atoms with E-state index in [1.807, 2.05) is 6.07 Å². The van der Waals surface area contributed by atoms with Crippen LogP contribution < -0.4 is 5.32 Å². The van der Waals surface area contributed by atoms with Crippen molar-refractivity contribution in [1.29, 1.82) is 0 Å². The second-order valence-electron chi connectivity index (χ2n) is 5.31. The molecule has 0 spiro atoms. The maximum Gasteiger partial charge on any atom is 0.115 e. The summed E-state index contributed by atoms with van der Waals surface area (Å²) in [7, 11) is 0. The Hall–Kier alpha value is -1.06. The van der Waals surface area contributed by atoms with Crippen molar-refractivity contribution in [1.82, 2.24) is 10.2 Å². The summed E-state index contributed by atoms with van der Waals surface area (Å²) in [6.07, 6.45) is 3.44. The smallest absolute Gasteiger partial charge is 0.115 e. The van der Waals surface area contributed by atoms with E-state index in [0.717, 1.165) is 32.5 Å². The predicted octanol–water partition coefficient (Wildman–Crippen LogP) is 2.70. The number of aryl methyl sites for hydroxylation is 1. The molecular formula is C16H26N2O. The van der Waals surface area contributed by atoms with Crippen molar-refractivity contribution >= 4 is 0 Å². The highest BCUT2D eigenvalue weighted by atomic mass is 16.3. The van der Waals surface area contributed by atoms with Crippen molar-refractivity contribution in [3.63, 3.8) is 0 Å². The van der Waals surface area contributed by atoms with Crippen molar-refractivity contribution in [2.45, 2.75) is 39.2 Å². The van der Waals surface area contributed by atoms with Crippen LogP contribution in [0.25, 0.3) is 0 Å². The van der Waals surface area contributed by atoms with Crippen LogP contribution in [0.2, 0.25) is 0 Å². The molecule has 1 atom stereocenters. The fourth-order valence-electron chi connectivity index (χ4n) is 2.93. The van der Waals surface area contributed by atoms with Crippen LogP contribution in [0.1, 0.15) is 43.9 Å². The lowest BCUT2D eigenvalue weighted by molar-refractivity contribution is 0.295. The van der Waals surface area contributed by atoms with Crippen molar-refractivity contribution < 1.29 is 5.11 Å². The lowest BCUT2D eigenvalue weighted by atomic mass is 10.1. The van der Waals surface area contributed by atoms with Gasteiger partial charge in [0.1, 0.15) is 5.75 Å². The number of phenols is 1. The highest BCUT2D eigenvalue weighted by molar-refractivity contribution is 5.39. The molecule has 2 rings (SSSR count). The molecule has 0 amide bonds. The van der Waals surface area contributed by atoms with Crippen LogP contribution in [0.5, 0.6) is 5.75 Å². The second-order valence-corrected chi connectivity index (χ2v) is 5.31. The van der Waals surface area contributed by atoms with Gasteiger partial charge < -0.3 is 15.3 Å². The highest BCUT2D eigenvalue weighted by Gasteiger charge is 2.21. The monoisotopic (exact) mass is 262 g/mol. The summed E-state index contributed by atoms with van der Waals surface area (Å²) >= 11 is 0. The van der Waals surface area contributed by atoms with Gasteiger partial charge in [0.2, 0.25) is 0 Å². The Morgan fingerprint density at radius 1 is 1.32 bits per heavy atom. The molecule has 1 aromatic carbocycles. The molecule has 2 N–H and O–H groups in total. The van der Waals surface area contributed by atoms with E-state index in [0.29, 0.717) is 11.8 Å². The number of aromatic hydroxyl groups is 1. The van der Waals surface area contributed by atoms with Crippen LogP contribution >= 0.6 is 0 Å². The van der Waals surface area contributed by atoms with Crippen LogP contribution in [-0.4, -0.2) is 36.2 Å². The second kappa shape index (κ2) is 6.92. The van der Waals surface area contributed by atoms with Gasteiger partial charge in [0.15, 0.2) is 0 Å². The molecule has 0 saturated carbocycles. The van der Waals surface area contributed by atoms with E-state index in [2.05, 4.69) is 30.1 Å². The molecule has 0 saturated heterocycles. The van der Waals surface area contributed by atoms with E-state index >= 15 is 0 Å². The lowest BCUT2D eigenvalue weighted by Crippen LogP contribution is -2.28. The van der Waals surface area contributed by atoms with Gasteiger partial charge in [-0.2, -0.15) is 0 Å². The lowest BCUT2D eigenvalue weighted by Gasteiger charge is -2.19. The van der Waals surface area contributed by atoms with Crippen LogP contribution in [0.15, 0.2) is 18.2 Å². The van der Waals surface area contributed by atoms with Gasteiger partial charge in [0.05, 0.1) is 0 Å². The fraction of sp³-hybridized carbons (Fsp3) is 0.625. The predicted molar refractivity (Wildman–Crippen MR) is 79.6 cm³/mol. The molecule has 0 aromatic heterocycles. The summed E-state index contributed by atoms with van der Waals surface area (Å²) in [6.45, 7) is 8.97. The molecule has 1 aliphatic rings. The number of fused-ring (bicyclic) bond motifs is 1. The summed E-state index contributed by atoms with van der Waals surface area (Å²) in [5.41, 5.74) is 2.68. The largest absolute Gasteiger partial charge is 0.508 e. The number of phenolic OH excluding ortho intramolecular Hbond substituents is 1. The third-order valence-electron chi connectivity index (χ3n) is 4.14. The van der Waals surface area contributed by atoms with E-state index in [1.165, 1.54) is 24.1 Å². The molecule has 1 aliphatic carbocycles. The first-order chi connectivity index (χ1) is 9.24. The number of nitrogens with zero attached hydrogens (tertiary/aromatic N) is 1. The number of nitrogens with one attached hydrogen (secondary N) is 1. The Morgan fingerprint density at radius 3 is 2.84 bits per heavy atom. The minimum Gasteiger partial charge on any atom is -0.508 e. The Labute approximate surface area is 116 Å². The average Bonchev–Trinajstić information content (AvgIpc) is 2.81. The number of hydrogen-bond acceptors (Lipinski definition) is 3. The van der Waals surface area contributed by atoms with Crippen LogP contribution in [0, 0.1) is 0 Å². The van der Waals surface area contributed by atoms with Crippen molar-refractivity contribution in [3.8, 4) is 5.75 Å². The molecule has 3 heteroatoms. The fourth-order valence-corrected chi connectivity index (χ4v) is 2.93. The highest BCUT2D eigenvalue weighted by Crippen LogP contribution is 2.33. The minimum absolute atomic E-state index is 0.390. The topological polar surface area (TPSA) is 35.5 Å². The van der Waals surface area contributed by atoms with Crippen LogP contribution in [-0.2, 0) is 6.42 Å². The van der Waals surface area contributed by atoms with Gasteiger partial charge in [-0.3, -0.25) is 0 Å². The molecule has 19 heavy (non-hydrogen) atoms. The van der Waals surface area contributed by atoms with Crippen molar-refractivity contribution in [3.05, 3.63) is 29.3 Å². The average molecular weight is 262 g/mol. The summed E-state index contributed by atoms with van der Waals surface area (Å²) in [4.78, 5) is 2.46. The zero-order valence-electron chi connectivity index (χ0n) is 12.2. The van der Waals surface area contributed by atoms with Gasteiger partial charge in [-0.25, -0.2) is 0 Å². The van der Waals surface area contributed by atoms with Crippen LogP contribution in [0.4, 0.5) is 0 Å². The number of rotatable bonds is 7. The quantitative estimate of drug-likeness (QED) is 0.742. The standard InChI is InChI=1S/C16H26N2O/c1-3-18(4-2)11-5-10-17-16-9-6-13-12-14(19)7-8-15(13)16/h7-8,12,16-17,19H,3-6,9-11H2,1-2H3. The van der Waals surface area contributed by atoms with Gasteiger partial charge in [-0.1, -0.05) is 19.9 Å². The zero-order valence-corrected chi connectivity index (χ0v) is 12.2. The third kappa shape index (κ3) is 3.71. The molecule has 3 nitrogen and oxygen atoms in total. The SMILES string of the molecule is CCN(CC)CCCNC1CCc2cc(O)ccc21. The summed E-state index contributed by atoms with van der Waals surface area (Å²) in [6, 6.07) is 6.26. The van der Waals surface area contributed by atoms with E-state index in [4.69, 9.17) is 0 Å². The van der Waals surface area contributed by atoms with Gasteiger partial charge in [-0.15, -0.1) is 0 Å². The van der Waals surface area contributed by atoms with Crippen molar-refractivity contribution in [2.24, 2.45) is 0 Å². The Morgan fingerprint density at radius 2 is 2.11 bits per heavy atom. The third-order valence-corrected chi connectivity index (χ3v) is 4.14. The maximum atomic E-state index is 9.49. The molecular weight excluding hydrogens is 236 g/mol. The van der Waals surface area contributed by atoms with E-state index in [9.17, 15) is 5.11 Å². The van der Waals surface area contributed by atoms with E-state index in [1.54, 1.807) is 6.07 Å². The summed E-state index contributed by atoms with van der Waals surface area (Å²) in [5, 5.41) is 13.1. The van der Waals surface area contributed by atoms with E-state index in [-0.39, 0.29) is 0 Å². The normalized spacial score (nSPS) is 17.9. The molecule has 0 bridgehead atoms. The van der Waals surface area contributed by atoms with Crippen molar-refractivity contribution in [2.75, 3.05) is 26.2 Å². The van der Waals surface area contributed by atoms with Gasteiger partial charge in [0.25, 0.3) is 0 Å². The molecule has 0 fully saturated rings. The Balaban J connectivity index is 1.77. The van der Waals surface area contributed by atoms with Gasteiger partial charge >= 0.3 is 0 Å². The van der Waals surface area contributed by atoms with Gasteiger partial charge in [0, 0.05) is 6.04 Å². The first-order valence-electron chi connectivity index (χ1n) is 7.52. The minimum atomic E-state index is 0.390.